The third kappa shape index (κ3) is 5.06. The molecule has 2 N–H and O–H groups in total. The monoisotopic (exact) mass is 510 g/mol. The molecule has 3 aliphatic heterocycles. The van der Waals surface area contributed by atoms with E-state index in [1.54, 1.807) is 72.8 Å². The van der Waals surface area contributed by atoms with Crippen LogP contribution < -0.4 is 5.32 Å². The van der Waals surface area contributed by atoms with E-state index in [0.29, 0.717) is 35.3 Å². The number of nitrogens with zero attached hydrogens (tertiary/aromatic N) is 2. The van der Waals surface area contributed by atoms with Gasteiger partial charge >= 0.3 is 5.97 Å². The molecule has 38 heavy (non-hydrogen) atoms. The van der Waals surface area contributed by atoms with Gasteiger partial charge < -0.3 is 19.6 Å². The van der Waals surface area contributed by atoms with Crippen LogP contribution in [0.15, 0.2) is 84.9 Å². The van der Waals surface area contributed by atoms with Gasteiger partial charge in [-0.2, -0.15) is 5.26 Å². The Morgan fingerprint density at radius 2 is 1.53 bits per heavy atom. The van der Waals surface area contributed by atoms with Gasteiger partial charge in [-0.15, -0.1) is 0 Å². The number of carbonyl (C=O) groups is 2. The highest BCUT2D eigenvalue weighted by atomic mass is 16.6. The SMILES string of the molecule is N#Cc1ccc(C(=O)NCC[N+]23CCC(CC2)[C@@H](OC(=O)C(O)(c2ccccc2)c2ccccc2)C3)cc1. The average Bonchev–Trinajstić information content (AvgIpc) is 2.98. The number of nitriles is 1. The largest absolute Gasteiger partial charge is 0.453 e. The van der Waals surface area contributed by atoms with E-state index in [1.165, 1.54) is 0 Å². The van der Waals surface area contributed by atoms with Gasteiger partial charge in [0.05, 0.1) is 37.8 Å². The highest BCUT2D eigenvalue weighted by molar-refractivity contribution is 5.94. The number of nitrogens with one attached hydrogen (secondary N) is 1. The highest BCUT2D eigenvalue weighted by Gasteiger charge is 2.50. The van der Waals surface area contributed by atoms with Crippen molar-refractivity contribution in [2.45, 2.75) is 24.5 Å². The van der Waals surface area contributed by atoms with Crippen LogP contribution in [0.4, 0.5) is 0 Å². The number of esters is 1. The lowest BCUT2D eigenvalue weighted by atomic mass is 9.82. The molecule has 3 aromatic carbocycles. The van der Waals surface area contributed by atoms with Gasteiger partial charge in [-0.3, -0.25) is 4.79 Å². The third-order valence-electron chi connectivity index (χ3n) is 8.13. The number of aliphatic hydroxyl groups is 1. The lowest BCUT2D eigenvalue weighted by Crippen LogP contribution is -2.66. The van der Waals surface area contributed by atoms with Gasteiger partial charge in [-0.05, 0) is 35.4 Å². The number of benzene rings is 3. The van der Waals surface area contributed by atoms with Crippen LogP contribution in [0.3, 0.4) is 0 Å². The number of piperidine rings is 3. The predicted molar refractivity (Wildman–Crippen MR) is 142 cm³/mol. The molecule has 0 unspecified atom stereocenters. The maximum atomic E-state index is 13.7. The topological polar surface area (TPSA) is 99.4 Å². The summed E-state index contributed by atoms with van der Waals surface area (Å²) < 4.78 is 6.90. The summed E-state index contributed by atoms with van der Waals surface area (Å²) in [5.41, 5.74) is 0.102. The molecule has 2 bridgehead atoms. The molecule has 0 radical (unpaired) electrons. The summed E-state index contributed by atoms with van der Waals surface area (Å²) in [6.45, 7) is 3.87. The quantitative estimate of drug-likeness (QED) is 0.358. The van der Waals surface area contributed by atoms with Crippen molar-refractivity contribution in [1.82, 2.24) is 5.32 Å². The smallest absolute Gasteiger partial charge is 0.348 e. The first-order chi connectivity index (χ1) is 18.4. The molecule has 0 aromatic heterocycles. The summed E-state index contributed by atoms with van der Waals surface area (Å²) in [4.78, 5) is 26.2. The number of fused-ring (bicyclic) bond motifs is 3. The van der Waals surface area contributed by atoms with Gasteiger partial charge in [0.2, 0.25) is 5.60 Å². The Kier molecular flexibility index (Phi) is 7.28. The Morgan fingerprint density at radius 3 is 2.08 bits per heavy atom. The Bertz CT molecular complexity index is 1270. The summed E-state index contributed by atoms with van der Waals surface area (Å²) in [6.07, 6.45) is 1.59. The van der Waals surface area contributed by atoms with E-state index in [1.807, 2.05) is 12.1 Å². The fourth-order valence-corrected chi connectivity index (χ4v) is 5.86. The number of hydrogen-bond acceptors (Lipinski definition) is 5. The second-order valence-corrected chi connectivity index (χ2v) is 10.4. The molecule has 3 saturated heterocycles. The van der Waals surface area contributed by atoms with Crippen LogP contribution >= 0.6 is 0 Å². The molecule has 1 atom stereocenters. The minimum absolute atomic E-state index is 0.168. The molecule has 7 nitrogen and oxygen atoms in total. The van der Waals surface area contributed by atoms with Crippen molar-refractivity contribution in [1.29, 1.82) is 5.26 Å². The summed E-state index contributed by atoms with van der Waals surface area (Å²) >= 11 is 0. The lowest BCUT2D eigenvalue weighted by Gasteiger charge is -2.52. The van der Waals surface area contributed by atoms with Gasteiger partial charge in [0.1, 0.15) is 6.54 Å². The molecule has 3 fully saturated rings. The van der Waals surface area contributed by atoms with Crippen molar-refractivity contribution in [3.05, 3.63) is 107 Å². The summed E-state index contributed by atoms with van der Waals surface area (Å²) in [5.74, 6) is -0.553. The standard InChI is InChI=1S/C31H31N3O4/c32-21-23-11-13-25(14-12-23)29(35)33-17-20-34-18-15-24(16-19-34)28(22-34)38-30(36)31(37,26-7-3-1-4-8-26)27-9-5-2-6-10-27/h1-14,24,28,37H,15-20,22H2/p+1/t24?,28-,34?/m0/s1. The van der Waals surface area contributed by atoms with Crippen molar-refractivity contribution < 1.29 is 23.9 Å². The maximum absolute atomic E-state index is 13.7. The van der Waals surface area contributed by atoms with E-state index in [-0.39, 0.29) is 17.9 Å². The van der Waals surface area contributed by atoms with Crippen molar-refractivity contribution in [3.63, 3.8) is 0 Å². The molecule has 194 valence electrons. The van der Waals surface area contributed by atoms with Crippen LogP contribution in [0.5, 0.6) is 0 Å². The molecule has 0 saturated carbocycles. The predicted octanol–water partition coefficient (Wildman–Crippen LogP) is 3.38. The first-order valence-corrected chi connectivity index (χ1v) is 13.1. The van der Waals surface area contributed by atoms with E-state index in [4.69, 9.17) is 10.00 Å². The van der Waals surface area contributed by atoms with E-state index in [0.717, 1.165) is 37.0 Å². The summed E-state index contributed by atoms with van der Waals surface area (Å²) in [5, 5.41) is 23.7. The Hall–Kier alpha value is -3.99. The first kappa shape index (κ1) is 25.7. The van der Waals surface area contributed by atoms with E-state index in [2.05, 4.69) is 11.4 Å². The molecule has 0 spiro atoms. The number of rotatable bonds is 8. The number of hydrogen-bond donors (Lipinski definition) is 2. The highest BCUT2D eigenvalue weighted by Crippen LogP contribution is 2.38. The number of carbonyl (C=O) groups excluding carboxylic acids is 2. The van der Waals surface area contributed by atoms with Crippen molar-refractivity contribution in [2.75, 3.05) is 32.7 Å². The molecule has 7 heteroatoms. The van der Waals surface area contributed by atoms with Crippen molar-refractivity contribution in [3.8, 4) is 6.07 Å². The molecule has 3 aromatic rings. The van der Waals surface area contributed by atoms with Gasteiger partial charge in [-0.1, -0.05) is 60.7 Å². The zero-order chi connectivity index (χ0) is 26.6. The van der Waals surface area contributed by atoms with E-state index >= 15 is 0 Å². The van der Waals surface area contributed by atoms with Crippen LogP contribution in [0, 0.1) is 17.2 Å². The molecule has 3 aliphatic rings. The van der Waals surface area contributed by atoms with Gasteiger partial charge in [0, 0.05) is 24.3 Å². The third-order valence-corrected chi connectivity index (χ3v) is 8.13. The fourth-order valence-electron chi connectivity index (χ4n) is 5.86. The minimum Gasteiger partial charge on any atom is -0.453 e. The molecule has 0 aliphatic carbocycles. The van der Waals surface area contributed by atoms with Gasteiger partial charge in [0.15, 0.2) is 6.10 Å². The number of amides is 1. The van der Waals surface area contributed by atoms with E-state index < -0.39 is 11.6 Å². The van der Waals surface area contributed by atoms with Crippen LogP contribution in [0.2, 0.25) is 0 Å². The molecule has 3 heterocycles. The van der Waals surface area contributed by atoms with E-state index in [9.17, 15) is 14.7 Å². The Labute approximate surface area is 222 Å². The number of quaternary nitrogens is 1. The molecular formula is C31H32N3O4+. The van der Waals surface area contributed by atoms with Crippen LogP contribution in [-0.4, -0.2) is 60.3 Å². The van der Waals surface area contributed by atoms with Crippen LogP contribution in [-0.2, 0) is 15.1 Å². The maximum Gasteiger partial charge on any atom is 0.348 e. The van der Waals surface area contributed by atoms with Crippen molar-refractivity contribution in [2.24, 2.45) is 5.92 Å². The molecule has 1 amide bonds. The second-order valence-electron chi connectivity index (χ2n) is 10.4. The fraction of sp³-hybridized carbons (Fsp3) is 0.323. The summed E-state index contributed by atoms with van der Waals surface area (Å²) in [6, 6.07) is 26.5. The molecular weight excluding hydrogens is 478 g/mol. The Morgan fingerprint density at radius 1 is 0.947 bits per heavy atom. The summed E-state index contributed by atoms with van der Waals surface area (Å²) in [7, 11) is 0. The Balaban J connectivity index is 1.26. The first-order valence-electron chi connectivity index (χ1n) is 13.1. The van der Waals surface area contributed by atoms with Crippen molar-refractivity contribution >= 4 is 11.9 Å². The zero-order valence-electron chi connectivity index (χ0n) is 21.3. The lowest BCUT2D eigenvalue weighted by molar-refractivity contribution is -0.945. The van der Waals surface area contributed by atoms with Gasteiger partial charge in [0.25, 0.3) is 5.91 Å². The van der Waals surface area contributed by atoms with Crippen LogP contribution in [0.1, 0.15) is 39.9 Å². The van der Waals surface area contributed by atoms with Gasteiger partial charge in [-0.25, -0.2) is 4.79 Å². The average molecular weight is 511 g/mol. The molecule has 6 rings (SSSR count). The second kappa shape index (κ2) is 10.8. The number of ether oxygens (including phenoxy) is 1. The van der Waals surface area contributed by atoms with Crippen LogP contribution in [0.25, 0.3) is 0 Å². The minimum atomic E-state index is -1.89. The normalized spacial score (nSPS) is 22.3. The zero-order valence-corrected chi connectivity index (χ0v) is 21.3.